The molecule has 2 fully saturated rings. The van der Waals surface area contributed by atoms with Gasteiger partial charge in [0.05, 0.1) is 23.7 Å². The molecule has 0 unspecified atom stereocenters. The smallest absolute Gasteiger partial charge is 0.336 e. The van der Waals surface area contributed by atoms with Gasteiger partial charge in [-0.2, -0.15) is 0 Å². The molecule has 1 aromatic rings. The number of benzene rings is 1. The molecule has 9 nitrogen and oxygen atoms in total. The lowest BCUT2D eigenvalue weighted by Gasteiger charge is -2.28. The highest BCUT2D eigenvalue weighted by Gasteiger charge is 2.58. The van der Waals surface area contributed by atoms with E-state index in [1.54, 1.807) is 58.9 Å². The highest BCUT2D eigenvalue weighted by atomic mass is 16.8. The summed E-state index contributed by atoms with van der Waals surface area (Å²) in [7, 11) is 0. The van der Waals surface area contributed by atoms with E-state index in [1.807, 2.05) is 0 Å². The molecule has 3 aliphatic rings. The standard InChI is InChI=1S/C21H25NO8/c1-20(2,3)29-18(25)14-13(15-19(27-14)30-21(4,5)28-15)10-26-22-16(23)11-8-6-7-9-12(11)17(22)24/h6-9,13-15,19H,10H2,1-5H3/t13-,14+,15-,19-/m1/s1. The maximum Gasteiger partial charge on any atom is 0.336 e. The average molecular weight is 419 g/mol. The number of carbonyl (C=O) groups excluding carboxylic acids is 3. The van der Waals surface area contributed by atoms with Crippen LogP contribution in [0.4, 0.5) is 0 Å². The average Bonchev–Trinajstić information content (AvgIpc) is 3.20. The summed E-state index contributed by atoms with van der Waals surface area (Å²) in [4.78, 5) is 43.4. The van der Waals surface area contributed by atoms with E-state index in [9.17, 15) is 14.4 Å². The van der Waals surface area contributed by atoms with Crippen molar-refractivity contribution in [1.29, 1.82) is 0 Å². The van der Waals surface area contributed by atoms with Crippen molar-refractivity contribution in [3.05, 3.63) is 35.4 Å². The fourth-order valence-electron chi connectivity index (χ4n) is 3.79. The van der Waals surface area contributed by atoms with Crippen LogP contribution < -0.4 is 0 Å². The van der Waals surface area contributed by atoms with E-state index in [1.165, 1.54) is 0 Å². The zero-order valence-electron chi connectivity index (χ0n) is 17.5. The molecular weight excluding hydrogens is 394 g/mol. The van der Waals surface area contributed by atoms with Gasteiger partial charge in [0.15, 0.2) is 18.2 Å². The molecule has 4 atom stereocenters. The zero-order chi connectivity index (χ0) is 21.8. The maximum absolute atomic E-state index is 12.7. The van der Waals surface area contributed by atoms with Crippen LogP contribution in [0.5, 0.6) is 0 Å². The second kappa shape index (κ2) is 7.12. The predicted octanol–water partition coefficient (Wildman–Crippen LogP) is 2.05. The third-order valence-electron chi connectivity index (χ3n) is 4.97. The fraction of sp³-hybridized carbons (Fsp3) is 0.571. The molecule has 30 heavy (non-hydrogen) atoms. The first-order valence-corrected chi connectivity index (χ1v) is 9.81. The molecule has 0 N–H and O–H groups in total. The first kappa shape index (κ1) is 20.9. The van der Waals surface area contributed by atoms with Gasteiger partial charge in [-0.25, -0.2) is 4.79 Å². The van der Waals surface area contributed by atoms with Crippen LogP contribution in [0.25, 0.3) is 0 Å². The lowest BCUT2D eigenvalue weighted by Crippen LogP contribution is -2.42. The summed E-state index contributed by atoms with van der Waals surface area (Å²) in [6.07, 6.45) is -2.42. The minimum absolute atomic E-state index is 0.171. The Kier molecular flexibility index (Phi) is 4.97. The van der Waals surface area contributed by atoms with Crippen molar-refractivity contribution in [3.8, 4) is 0 Å². The molecule has 0 spiro atoms. The van der Waals surface area contributed by atoms with Gasteiger partial charge in [0, 0.05) is 0 Å². The highest BCUT2D eigenvalue weighted by molar-refractivity contribution is 6.20. The van der Waals surface area contributed by atoms with Gasteiger partial charge in [-0.1, -0.05) is 12.1 Å². The van der Waals surface area contributed by atoms with Crippen LogP contribution in [0.2, 0.25) is 0 Å². The largest absolute Gasteiger partial charge is 0.458 e. The summed E-state index contributed by atoms with van der Waals surface area (Å²) < 4.78 is 22.9. The summed E-state index contributed by atoms with van der Waals surface area (Å²) in [5.74, 6) is -3.23. The molecule has 0 saturated carbocycles. The monoisotopic (exact) mass is 419 g/mol. The van der Waals surface area contributed by atoms with Gasteiger partial charge in [0.2, 0.25) is 0 Å². The Morgan fingerprint density at radius 3 is 2.27 bits per heavy atom. The molecular formula is C21H25NO8. The van der Waals surface area contributed by atoms with Crippen molar-refractivity contribution in [2.24, 2.45) is 5.92 Å². The van der Waals surface area contributed by atoms with E-state index in [0.717, 1.165) is 0 Å². The van der Waals surface area contributed by atoms with E-state index in [-0.39, 0.29) is 17.7 Å². The molecule has 0 bridgehead atoms. The third kappa shape index (κ3) is 3.74. The van der Waals surface area contributed by atoms with Crippen LogP contribution in [0.1, 0.15) is 55.3 Å². The molecule has 2 amide bonds. The molecule has 0 aromatic heterocycles. The van der Waals surface area contributed by atoms with Crippen LogP contribution >= 0.6 is 0 Å². The summed E-state index contributed by atoms with van der Waals surface area (Å²) in [6.45, 7) is 8.55. The number of esters is 1. The number of nitrogens with zero attached hydrogens (tertiary/aromatic N) is 1. The van der Waals surface area contributed by atoms with Crippen LogP contribution in [0.3, 0.4) is 0 Å². The van der Waals surface area contributed by atoms with Crippen molar-refractivity contribution in [2.45, 2.75) is 64.5 Å². The van der Waals surface area contributed by atoms with Gasteiger partial charge in [-0.3, -0.25) is 14.4 Å². The van der Waals surface area contributed by atoms with Crippen LogP contribution in [-0.4, -0.2) is 59.3 Å². The number of ether oxygens (including phenoxy) is 4. The molecule has 3 heterocycles. The van der Waals surface area contributed by atoms with Gasteiger partial charge in [-0.05, 0) is 46.8 Å². The molecule has 2 saturated heterocycles. The molecule has 9 heteroatoms. The SMILES string of the molecule is CC(C)(C)OC(=O)[C@H]1O[C@@H]2OC(C)(C)O[C@@H]2[C@@H]1CON1C(=O)c2ccccc2C1=O. The minimum atomic E-state index is -1.02. The number of rotatable bonds is 4. The number of hydrogen-bond acceptors (Lipinski definition) is 8. The molecule has 162 valence electrons. The van der Waals surface area contributed by atoms with Gasteiger partial charge in [-0.15, -0.1) is 5.06 Å². The first-order valence-electron chi connectivity index (χ1n) is 9.81. The van der Waals surface area contributed by atoms with E-state index < -0.39 is 53.6 Å². The molecule has 1 aromatic carbocycles. The minimum Gasteiger partial charge on any atom is -0.458 e. The Morgan fingerprint density at radius 1 is 1.10 bits per heavy atom. The Bertz CT molecular complexity index is 854. The number of carbonyl (C=O) groups is 3. The first-order chi connectivity index (χ1) is 14.0. The lowest BCUT2D eigenvalue weighted by atomic mass is 9.99. The number of fused-ring (bicyclic) bond motifs is 2. The van der Waals surface area contributed by atoms with Gasteiger partial charge in [0.25, 0.3) is 11.8 Å². The van der Waals surface area contributed by atoms with E-state index in [0.29, 0.717) is 5.06 Å². The number of hydroxylamine groups is 2. The topological polar surface area (TPSA) is 101 Å². The van der Waals surface area contributed by atoms with Crippen molar-refractivity contribution < 1.29 is 38.2 Å². The fourth-order valence-corrected chi connectivity index (χ4v) is 3.79. The number of amides is 2. The summed E-state index contributed by atoms with van der Waals surface area (Å²) in [6, 6.07) is 6.47. The van der Waals surface area contributed by atoms with Crippen molar-refractivity contribution in [2.75, 3.05) is 6.61 Å². The molecule has 4 rings (SSSR count). The normalized spacial score (nSPS) is 29.8. The highest BCUT2D eigenvalue weighted by Crippen LogP contribution is 2.41. The van der Waals surface area contributed by atoms with Crippen LogP contribution in [0, 0.1) is 5.92 Å². The number of hydrogen-bond donors (Lipinski definition) is 0. The summed E-state index contributed by atoms with van der Waals surface area (Å²) in [5.41, 5.74) is -0.172. The van der Waals surface area contributed by atoms with Crippen LogP contribution in [-0.2, 0) is 28.6 Å². The van der Waals surface area contributed by atoms with Gasteiger partial charge < -0.3 is 18.9 Å². The maximum atomic E-state index is 12.7. The molecule has 0 aliphatic carbocycles. The second-order valence-corrected chi connectivity index (χ2v) is 8.97. The summed E-state index contributed by atoms with van der Waals surface area (Å²) in [5, 5.41) is 0.713. The quantitative estimate of drug-likeness (QED) is 0.540. The van der Waals surface area contributed by atoms with Gasteiger partial charge >= 0.3 is 5.97 Å². The van der Waals surface area contributed by atoms with E-state index >= 15 is 0 Å². The van der Waals surface area contributed by atoms with Crippen molar-refractivity contribution >= 4 is 17.8 Å². The van der Waals surface area contributed by atoms with Gasteiger partial charge in [0.1, 0.15) is 11.7 Å². The third-order valence-corrected chi connectivity index (χ3v) is 4.97. The predicted molar refractivity (Wildman–Crippen MR) is 101 cm³/mol. The van der Waals surface area contributed by atoms with Crippen molar-refractivity contribution in [1.82, 2.24) is 5.06 Å². The van der Waals surface area contributed by atoms with E-state index in [2.05, 4.69) is 0 Å². The molecule has 3 aliphatic heterocycles. The van der Waals surface area contributed by atoms with E-state index in [4.69, 9.17) is 23.8 Å². The second-order valence-electron chi connectivity index (χ2n) is 8.97. The van der Waals surface area contributed by atoms with Crippen molar-refractivity contribution in [3.63, 3.8) is 0 Å². The molecule has 0 radical (unpaired) electrons. The Balaban J connectivity index is 1.51. The Morgan fingerprint density at radius 2 is 1.70 bits per heavy atom. The Hall–Kier alpha value is -2.33. The number of imide groups is 1. The zero-order valence-corrected chi connectivity index (χ0v) is 17.5. The van der Waals surface area contributed by atoms with Crippen LogP contribution in [0.15, 0.2) is 24.3 Å². The lowest BCUT2D eigenvalue weighted by molar-refractivity contribution is -0.224. The summed E-state index contributed by atoms with van der Waals surface area (Å²) >= 11 is 0. The Labute approximate surface area is 174 Å².